The summed E-state index contributed by atoms with van der Waals surface area (Å²) in [4.78, 5) is 0. The number of ether oxygens (including phenoxy) is 2. The summed E-state index contributed by atoms with van der Waals surface area (Å²) >= 11 is 0. The van der Waals surface area contributed by atoms with E-state index in [-0.39, 0.29) is 11.2 Å². The Balaban J connectivity index is 0.000000461. The summed E-state index contributed by atoms with van der Waals surface area (Å²) in [6, 6.07) is 9.19. The first kappa shape index (κ1) is 24.4. The number of benzene rings is 1. The number of rotatable bonds is 0. The molecule has 1 aromatic carbocycles. The van der Waals surface area contributed by atoms with E-state index in [2.05, 4.69) is 38.1 Å². The van der Waals surface area contributed by atoms with E-state index in [1.165, 1.54) is 25.7 Å². The van der Waals surface area contributed by atoms with Gasteiger partial charge in [-0.15, -0.1) is 0 Å². The van der Waals surface area contributed by atoms with Crippen molar-refractivity contribution in [2.45, 2.75) is 99.2 Å². The first-order chi connectivity index (χ1) is 14.1. The van der Waals surface area contributed by atoms with Gasteiger partial charge in [0, 0.05) is 11.8 Å². The zero-order chi connectivity index (χ0) is 21.7. The molecule has 1 aliphatic heterocycles. The summed E-state index contributed by atoms with van der Waals surface area (Å²) in [6.45, 7) is 18.5. The average Bonchev–Trinajstić information content (AvgIpc) is 3.35. The highest BCUT2D eigenvalue weighted by atomic mass is 16.7. The van der Waals surface area contributed by atoms with E-state index >= 15 is 0 Å². The first-order valence-electron chi connectivity index (χ1n) is 12.5. The molecule has 2 saturated carbocycles. The standard InChI is InChI=1S/C21H28O2.3C2H6/c1-14-13-21(22-11-12-23-21)20(2)10-9-17-16-6-4-3-5-15(16)7-8-18(17)19(14)20;3*1-2/h3-6,14,17-19H,7-13H2,1-2H3;3*1-2H3/t14?,17?,18-,19?,20+;;;/m1.../s1. The van der Waals surface area contributed by atoms with Gasteiger partial charge in [0.1, 0.15) is 0 Å². The highest BCUT2D eigenvalue weighted by Gasteiger charge is 2.67. The fourth-order valence-corrected chi connectivity index (χ4v) is 6.95. The number of fused-ring (bicyclic) bond motifs is 6. The molecule has 1 spiro atoms. The monoisotopic (exact) mass is 402 g/mol. The highest BCUT2D eigenvalue weighted by molar-refractivity contribution is 5.35. The van der Waals surface area contributed by atoms with Gasteiger partial charge in [0.25, 0.3) is 0 Å². The summed E-state index contributed by atoms with van der Waals surface area (Å²) < 4.78 is 12.5. The Kier molecular flexibility index (Phi) is 8.79. The molecule has 1 aromatic rings. The average molecular weight is 403 g/mol. The maximum atomic E-state index is 6.27. The molecule has 2 nitrogen and oxygen atoms in total. The predicted octanol–water partition coefficient (Wildman–Crippen LogP) is 7.61. The third kappa shape index (κ3) is 3.92. The second-order valence-corrected chi connectivity index (χ2v) is 8.62. The molecule has 0 amide bonds. The van der Waals surface area contributed by atoms with Gasteiger partial charge >= 0.3 is 0 Å². The second-order valence-electron chi connectivity index (χ2n) is 8.62. The van der Waals surface area contributed by atoms with E-state index in [0.29, 0.717) is 5.92 Å². The van der Waals surface area contributed by atoms with Crippen molar-refractivity contribution in [2.24, 2.45) is 23.2 Å². The van der Waals surface area contributed by atoms with E-state index in [0.717, 1.165) is 37.4 Å². The molecule has 0 bridgehead atoms. The van der Waals surface area contributed by atoms with E-state index in [1.54, 1.807) is 11.1 Å². The molecule has 166 valence electrons. The maximum absolute atomic E-state index is 6.27. The van der Waals surface area contributed by atoms with Gasteiger partial charge in [-0.3, -0.25) is 0 Å². The Hall–Kier alpha value is -0.860. The molecule has 0 aromatic heterocycles. The topological polar surface area (TPSA) is 18.5 Å². The van der Waals surface area contributed by atoms with E-state index < -0.39 is 0 Å². The van der Waals surface area contributed by atoms with Crippen LogP contribution in [0.3, 0.4) is 0 Å². The summed E-state index contributed by atoms with van der Waals surface area (Å²) in [5, 5.41) is 0. The van der Waals surface area contributed by atoms with Crippen molar-refractivity contribution in [3.63, 3.8) is 0 Å². The molecule has 0 radical (unpaired) electrons. The Morgan fingerprint density at radius 3 is 2.17 bits per heavy atom. The fraction of sp³-hybridized carbons (Fsp3) is 0.778. The minimum absolute atomic E-state index is 0.205. The minimum atomic E-state index is -0.279. The van der Waals surface area contributed by atoms with Gasteiger partial charge in [-0.05, 0) is 60.5 Å². The van der Waals surface area contributed by atoms with Crippen LogP contribution in [-0.2, 0) is 15.9 Å². The van der Waals surface area contributed by atoms with Gasteiger partial charge in [-0.2, -0.15) is 0 Å². The van der Waals surface area contributed by atoms with E-state index in [4.69, 9.17) is 9.47 Å². The number of hydrogen-bond donors (Lipinski definition) is 0. The highest BCUT2D eigenvalue weighted by Crippen LogP contribution is 2.67. The largest absolute Gasteiger partial charge is 0.347 e. The normalized spacial score (nSPS) is 35.4. The number of aryl methyl sites for hydroxylation is 1. The Morgan fingerprint density at radius 1 is 0.897 bits per heavy atom. The van der Waals surface area contributed by atoms with Crippen molar-refractivity contribution in [2.75, 3.05) is 13.2 Å². The number of hydrogen-bond acceptors (Lipinski definition) is 2. The molecule has 29 heavy (non-hydrogen) atoms. The third-order valence-corrected chi connectivity index (χ3v) is 7.72. The Labute approximate surface area is 180 Å². The van der Waals surface area contributed by atoms with Crippen LogP contribution in [0, 0.1) is 23.2 Å². The van der Waals surface area contributed by atoms with Crippen molar-refractivity contribution in [3.05, 3.63) is 35.4 Å². The molecular formula is C27H46O2. The van der Waals surface area contributed by atoms with Crippen molar-refractivity contribution in [1.29, 1.82) is 0 Å². The van der Waals surface area contributed by atoms with Gasteiger partial charge in [-0.25, -0.2) is 0 Å². The lowest BCUT2D eigenvalue weighted by atomic mass is 9.53. The molecule has 5 atom stereocenters. The smallest absolute Gasteiger partial charge is 0.174 e. The summed E-state index contributed by atoms with van der Waals surface area (Å²) in [7, 11) is 0. The molecular weight excluding hydrogens is 356 g/mol. The quantitative estimate of drug-likeness (QED) is 0.444. The molecule has 1 saturated heterocycles. The van der Waals surface area contributed by atoms with Gasteiger partial charge in [0.2, 0.25) is 0 Å². The zero-order valence-corrected chi connectivity index (χ0v) is 20.4. The van der Waals surface area contributed by atoms with E-state index in [1.807, 2.05) is 41.5 Å². The van der Waals surface area contributed by atoms with Crippen molar-refractivity contribution in [1.82, 2.24) is 0 Å². The fourth-order valence-electron chi connectivity index (χ4n) is 6.95. The lowest BCUT2D eigenvalue weighted by Crippen LogP contribution is -2.51. The summed E-state index contributed by atoms with van der Waals surface area (Å²) in [5.74, 6) is 2.74. The van der Waals surface area contributed by atoms with Crippen LogP contribution >= 0.6 is 0 Å². The molecule has 2 heteroatoms. The van der Waals surface area contributed by atoms with Crippen LogP contribution in [0.25, 0.3) is 0 Å². The third-order valence-electron chi connectivity index (χ3n) is 7.72. The van der Waals surface area contributed by atoms with Crippen LogP contribution in [0.2, 0.25) is 0 Å². The molecule has 0 N–H and O–H groups in total. The maximum Gasteiger partial charge on any atom is 0.174 e. The SMILES string of the molecule is CC.CC.CC.CC1CC2(OCCO2)[C@@]2(C)CCC3c4ccccc4CC[C@H]3C12. The van der Waals surface area contributed by atoms with Crippen molar-refractivity contribution >= 4 is 0 Å². The molecule has 5 rings (SSSR count). The van der Waals surface area contributed by atoms with Crippen LogP contribution in [-0.4, -0.2) is 19.0 Å². The lowest BCUT2D eigenvalue weighted by Gasteiger charge is -2.53. The van der Waals surface area contributed by atoms with Gasteiger partial charge in [-0.1, -0.05) is 79.7 Å². The van der Waals surface area contributed by atoms with Gasteiger partial charge < -0.3 is 9.47 Å². The van der Waals surface area contributed by atoms with Gasteiger partial charge in [0.05, 0.1) is 13.2 Å². The van der Waals surface area contributed by atoms with Crippen molar-refractivity contribution < 1.29 is 9.47 Å². The van der Waals surface area contributed by atoms with Crippen LogP contribution in [0.1, 0.15) is 98.1 Å². The summed E-state index contributed by atoms with van der Waals surface area (Å²) in [6.07, 6.45) is 6.25. The summed E-state index contributed by atoms with van der Waals surface area (Å²) in [5.41, 5.74) is 3.45. The molecule has 3 aliphatic carbocycles. The van der Waals surface area contributed by atoms with Crippen molar-refractivity contribution in [3.8, 4) is 0 Å². The van der Waals surface area contributed by atoms with Gasteiger partial charge in [0.15, 0.2) is 5.79 Å². The molecule has 4 aliphatic rings. The van der Waals surface area contributed by atoms with Crippen LogP contribution in [0.4, 0.5) is 0 Å². The first-order valence-corrected chi connectivity index (χ1v) is 12.5. The second kappa shape index (κ2) is 10.4. The van der Waals surface area contributed by atoms with Crippen LogP contribution < -0.4 is 0 Å². The predicted molar refractivity (Wildman–Crippen MR) is 124 cm³/mol. The van der Waals surface area contributed by atoms with Crippen LogP contribution in [0.5, 0.6) is 0 Å². The molecule has 3 unspecified atom stereocenters. The molecule has 1 heterocycles. The Bertz CT molecular complexity index is 619. The Morgan fingerprint density at radius 2 is 1.52 bits per heavy atom. The zero-order valence-electron chi connectivity index (χ0n) is 20.4. The van der Waals surface area contributed by atoms with Crippen LogP contribution in [0.15, 0.2) is 24.3 Å². The minimum Gasteiger partial charge on any atom is -0.347 e. The molecule has 3 fully saturated rings. The lowest BCUT2D eigenvalue weighted by molar-refractivity contribution is -0.237. The van der Waals surface area contributed by atoms with E-state index in [9.17, 15) is 0 Å².